The van der Waals surface area contributed by atoms with E-state index in [-0.39, 0.29) is 5.60 Å². The van der Waals surface area contributed by atoms with Gasteiger partial charge < -0.3 is 10.1 Å². The maximum atomic E-state index is 5.82. The van der Waals surface area contributed by atoms with Gasteiger partial charge in [0.25, 0.3) is 0 Å². The van der Waals surface area contributed by atoms with Gasteiger partial charge in [-0.1, -0.05) is 6.92 Å². The first-order chi connectivity index (χ1) is 9.11. The molecule has 0 aromatic carbocycles. The minimum Gasteiger partial charge on any atom is -0.377 e. The van der Waals surface area contributed by atoms with Crippen LogP contribution in [-0.2, 0) is 11.2 Å². The normalized spacial score (nSPS) is 19.4. The van der Waals surface area contributed by atoms with Crippen molar-refractivity contribution in [3.63, 3.8) is 0 Å². The van der Waals surface area contributed by atoms with E-state index in [0.29, 0.717) is 12.1 Å². The predicted octanol–water partition coefficient (Wildman–Crippen LogP) is 2.55. The Morgan fingerprint density at radius 3 is 2.63 bits per heavy atom. The standard InChI is InChI=1S/C15H27N3O/c1-5-16-14(15(19-4)8-6-9-15)11-13-7-10-18(17-13)12(2)3/h7,10,12,14,16H,5-6,8-9,11H2,1-4H3. The molecule has 1 unspecified atom stereocenters. The van der Waals surface area contributed by atoms with Crippen LogP contribution in [0.25, 0.3) is 0 Å². The summed E-state index contributed by atoms with van der Waals surface area (Å²) in [4.78, 5) is 0. The highest BCUT2D eigenvalue weighted by Gasteiger charge is 2.44. The molecule has 1 aliphatic carbocycles. The molecule has 1 saturated carbocycles. The third kappa shape index (κ3) is 3.00. The summed E-state index contributed by atoms with van der Waals surface area (Å²) in [5, 5.41) is 8.25. The van der Waals surface area contributed by atoms with Crippen LogP contribution < -0.4 is 5.32 Å². The summed E-state index contributed by atoms with van der Waals surface area (Å²) < 4.78 is 7.84. The van der Waals surface area contributed by atoms with E-state index in [2.05, 4.69) is 43.4 Å². The number of methoxy groups -OCH3 is 1. The first-order valence-electron chi connectivity index (χ1n) is 7.44. The van der Waals surface area contributed by atoms with Crippen molar-refractivity contribution in [2.75, 3.05) is 13.7 Å². The number of rotatable bonds is 7. The van der Waals surface area contributed by atoms with Gasteiger partial charge in [0.05, 0.1) is 11.3 Å². The smallest absolute Gasteiger partial charge is 0.0834 e. The van der Waals surface area contributed by atoms with Crippen LogP contribution in [0.1, 0.15) is 51.8 Å². The fraction of sp³-hybridized carbons (Fsp3) is 0.800. The van der Waals surface area contributed by atoms with Crippen molar-refractivity contribution in [2.24, 2.45) is 0 Å². The Balaban J connectivity index is 2.07. The highest BCUT2D eigenvalue weighted by Crippen LogP contribution is 2.39. The van der Waals surface area contributed by atoms with Gasteiger partial charge in [0, 0.05) is 31.8 Å². The lowest BCUT2D eigenvalue weighted by molar-refractivity contribution is -0.0980. The van der Waals surface area contributed by atoms with Crippen molar-refractivity contribution in [2.45, 2.75) is 64.1 Å². The molecule has 1 fully saturated rings. The third-order valence-corrected chi connectivity index (χ3v) is 4.30. The minimum atomic E-state index is 0.0254. The van der Waals surface area contributed by atoms with Gasteiger partial charge in [-0.15, -0.1) is 0 Å². The molecule has 0 radical (unpaired) electrons. The second kappa shape index (κ2) is 6.06. The first-order valence-corrected chi connectivity index (χ1v) is 7.44. The van der Waals surface area contributed by atoms with Gasteiger partial charge in [-0.25, -0.2) is 0 Å². The molecule has 0 saturated heterocycles. The quantitative estimate of drug-likeness (QED) is 0.823. The van der Waals surface area contributed by atoms with E-state index < -0.39 is 0 Å². The Bertz CT molecular complexity index is 390. The fourth-order valence-corrected chi connectivity index (χ4v) is 2.89. The maximum Gasteiger partial charge on any atom is 0.0834 e. The van der Waals surface area contributed by atoms with E-state index in [9.17, 15) is 0 Å². The number of hydrogen-bond acceptors (Lipinski definition) is 3. The molecule has 4 heteroatoms. The van der Waals surface area contributed by atoms with Gasteiger partial charge >= 0.3 is 0 Å². The Morgan fingerprint density at radius 1 is 1.47 bits per heavy atom. The summed E-state index contributed by atoms with van der Waals surface area (Å²) in [6.07, 6.45) is 6.61. The molecule has 0 bridgehead atoms. The maximum absolute atomic E-state index is 5.82. The van der Waals surface area contributed by atoms with Crippen LogP contribution >= 0.6 is 0 Å². The van der Waals surface area contributed by atoms with Crippen LogP contribution in [-0.4, -0.2) is 35.1 Å². The molecule has 0 spiro atoms. The SMILES string of the molecule is CCNC(Cc1ccn(C(C)C)n1)C1(OC)CCC1. The Hall–Kier alpha value is -0.870. The fourth-order valence-electron chi connectivity index (χ4n) is 2.89. The van der Waals surface area contributed by atoms with Crippen molar-refractivity contribution in [3.8, 4) is 0 Å². The molecule has 0 aliphatic heterocycles. The molecule has 2 rings (SSSR count). The zero-order chi connectivity index (χ0) is 13.9. The molecule has 4 nitrogen and oxygen atoms in total. The third-order valence-electron chi connectivity index (χ3n) is 4.30. The molecular weight excluding hydrogens is 238 g/mol. The zero-order valence-corrected chi connectivity index (χ0v) is 12.6. The number of nitrogens with one attached hydrogen (secondary N) is 1. The molecule has 1 aliphatic rings. The molecule has 1 N–H and O–H groups in total. The molecule has 1 atom stereocenters. The minimum absolute atomic E-state index is 0.0254. The van der Waals surface area contributed by atoms with Crippen molar-refractivity contribution >= 4 is 0 Å². The number of ether oxygens (including phenoxy) is 1. The summed E-state index contributed by atoms with van der Waals surface area (Å²) in [7, 11) is 1.84. The van der Waals surface area contributed by atoms with Crippen LogP contribution in [0.15, 0.2) is 12.3 Å². The summed E-state index contributed by atoms with van der Waals surface area (Å²) in [5.41, 5.74) is 1.18. The van der Waals surface area contributed by atoms with Crippen molar-refractivity contribution in [1.29, 1.82) is 0 Å². The van der Waals surface area contributed by atoms with E-state index in [1.807, 2.05) is 11.8 Å². The lowest BCUT2D eigenvalue weighted by atomic mass is 9.73. The van der Waals surface area contributed by atoms with Gasteiger partial charge in [0.2, 0.25) is 0 Å². The second-order valence-corrected chi connectivity index (χ2v) is 5.82. The first kappa shape index (κ1) is 14.5. The van der Waals surface area contributed by atoms with Crippen LogP contribution in [0, 0.1) is 0 Å². The van der Waals surface area contributed by atoms with Crippen LogP contribution in [0.5, 0.6) is 0 Å². The number of nitrogens with zero attached hydrogens (tertiary/aromatic N) is 2. The molecule has 1 aromatic rings. The summed E-state index contributed by atoms with van der Waals surface area (Å²) in [6.45, 7) is 7.44. The Morgan fingerprint density at radius 2 is 2.21 bits per heavy atom. The Kier molecular flexibility index (Phi) is 4.63. The highest BCUT2D eigenvalue weighted by molar-refractivity contribution is 5.08. The lowest BCUT2D eigenvalue weighted by Gasteiger charge is -2.46. The van der Waals surface area contributed by atoms with Crippen molar-refractivity contribution in [3.05, 3.63) is 18.0 Å². The molecule has 1 heterocycles. The molecular formula is C15H27N3O. The average molecular weight is 265 g/mol. The van der Waals surface area contributed by atoms with Crippen molar-refractivity contribution < 1.29 is 4.74 Å². The van der Waals surface area contributed by atoms with Crippen LogP contribution in [0.3, 0.4) is 0 Å². The van der Waals surface area contributed by atoms with Gasteiger partial charge in [0.1, 0.15) is 0 Å². The topological polar surface area (TPSA) is 39.1 Å². The van der Waals surface area contributed by atoms with Gasteiger partial charge in [-0.3, -0.25) is 4.68 Å². The van der Waals surface area contributed by atoms with E-state index in [0.717, 1.165) is 31.5 Å². The molecule has 19 heavy (non-hydrogen) atoms. The average Bonchev–Trinajstić information content (AvgIpc) is 2.77. The second-order valence-electron chi connectivity index (χ2n) is 5.82. The number of likely N-dealkylation sites (N-methyl/N-ethyl adjacent to an activating group) is 1. The molecule has 0 amide bonds. The summed E-state index contributed by atoms with van der Waals surface area (Å²) in [6, 6.07) is 2.92. The van der Waals surface area contributed by atoms with Gasteiger partial charge in [-0.05, 0) is 45.7 Å². The van der Waals surface area contributed by atoms with E-state index in [1.165, 1.54) is 6.42 Å². The predicted molar refractivity (Wildman–Crippen MR) is 77.4 cm³/mol. The summed E-state index contributed by atoms with van der Waals surface area (Å²) >= 11 is 0. The van der Waals surface area contributed by atoms with E-state index >= 15 is 0 Å². The van der Waals surface area contributed by atoms with E-state index in [1.54, 1.807) is 0 Å². The number of aromatic nitrogens is 2. The van der Waals surface area contributed by atoms with E-state index in [4.69, 9.17) is 4.74 Å². The van der Waals surface area contributed by atoms with Crippen LogP contribution in [0.2, 0.25) is 0 Å². The largest absolute Gasteiger partial charge is 0.377 e. The van der Waals surface area contributed by atoms with Gasteiger partial charge in [-0.2, -0.15) is 5.10 Å². The summed E-state index contributed by atoms with van der Waals surface area (Å²) in [5.74, 6) is 0. The molecule has 108 valence electrons. The zero-order valence-electron chi connectivity index (χ0n) is 12.6. The monoisotopic (exact) mass is 265 g/mol. The van der Waals surface area contributed by atoms with Crippen LogP contribution in [0.4, 0.5) is 0 Å². The lowest BCUT2D eigenvalue weighted by Crippen LogP contribution is -2.57. The Labute approximate surface area is 116 Å². The van der Waals surface area contributed by atoms with Crippen molar-refractivity contribution in [1.82, 2.24) is 15.1 Å². The number of hydrogen-bond donors (Lipinski definition) is 1. The molecule has 1 aromatic heterocycles. The highest BCUT2D eigenvalue weighted by atomic mass is 16.5. The van der Waals surface area contributed by atoms with Gasteiger partial charge in [0.15, 0.2) is 0 Å².